The van der Waals surface area contributed by atoms with Gasteiger partial charge in [-0.1, -0.05) is 6.92 Å². The van der Waals surface area contributed by atoms with Crippen molar-refractivity contribution in [2.75, 3.05) is 11.4 Å². The largest absolute Gasteiger partial charge is 0.443 e. The van der Waals surface area contributed by atoms with Crippen LogP contribution in [0.2, 0.25) is 0 Å². The predicted octanol–water partition coefficient (Wildman–Crippen LogP) is 3.94. The Morgan fingerprint density at radius 2 is 2.06 bits per heavy atom. The van der Waals surface area contributed by atoms with E-state index in [9.17, 15) is 19.2 Å². The molecule has 0 saturated carbocycles. The van der Waals surface area contributed by atoms with Crippen LogP contribution in [-0.2, 0) is 4.74 Å². The van der Waals surface area contributed by atoms with Gasteiger partial charge in [0, 0.05) is 12.7 Å². The van der Waals surface area contributed by atoms with Gasteiger partial charge in [-0.3, -0.25) is 9.78 Å². The van der Waals surface area contributed by atoms with Crippen LogP contribution in [0.5, 0.6) is 0 Å². The number of amides is 1. The number of nitrogens with zero attached hydrogens (tertiary/aromatic N) is 5. The minimum absolute atomic E-state index is 0.0163. The molecule has 0 atom stereocenters. The number of anilines is 1. The SMILES string of the molecule is CCCN(C(=O)OC(C)(C)C)c1nc2c(F)ccc(C#N)c2c(=O)n1-c1cccnc1. The first kappa shape index (κ1) is 21.9. The lowest BCUT2D eigenvalue weighted by atomic mass is 10.1. The molecule has 31 heavy (non-hydrogen) atoms. The maximum Gasteiger partial charge on any atom is 0.417 e. The van der Waals surface area contributed by atoms with Crippen molar-refractivity contribution in [3.63, 3.8) is 0 Å². The molecular formula is C22H22FN5O3. The summed E-state index contributed by atoms with van der Waals surface area (Å²) < 4.78 is 21.3. The summed E-state index contributed by atoms with van der Waals surface area (Å²) in [4.78, 5) is 36.0. The molecular weight excluding hydrogens is 401 g/mol. The van der Waals surface area contributed by atoms with E-state index < -0.39 is 23.1 Å². The number of carbonyl (C=O) groups excluding carboxylic acids is 1. The van der Waals surface area contributed by atoms with E-state index in [1.807, 2.05) is 13.0 Å². The molecule has 2 aromatic heterocycles. The van der Waals surface area contributed by atoms with Crippen LogP contribution in [0, 0.1) is 17.1 Å². The topological polar surface area (TPSA) is 101 Å². The van der Waals surface area contributed by atoms with Crippen molar-refractivity contribution in [3.05, 3.63) is 58.4 Å². The number of ether oxygens (including phenoxy) is 1. The first-order valence-electron chi connectivity index (χ1n) is 9.74. The van der Waals surface area contributed by atoms with E-state index in [2.05, 4.69) is 9.97 Å². The molecule has 8 nitrogen and oxygen atoms in total. The van der Waals surface area contributed by atoms with Gasteiger partial charge in [-0.2, -0.15) is 5.26 Å². The van der Waals surface area contributed by atoms with E-state index >= 15 is 0 Å². The van der Waals surface area contributed by atoms with E-state index in [1.165, 1.54) is 23.4 Å². The van der Waals surface area contributed by atoms with Crippen LogP contribution in [0.25, 0.3) is 16.6 Å². The molecule has 0 spiro atoms. The molecule has 0 N–H and O–H groups in total. The number of benzene rings is 1. The van der Waals surface area contributed by atoms with Crippen LogP contribution in [-0.4, -0.2) is 32.8 Å². The van der Waals surface area contributed by atoms with Gasteiger partial charge in [0.05, 0.1) is 22.8 Å². The molecule has 0 saturated heterocycles. The predicted molar refractivity (Wildman–Crippen MR) is 114 cm³/mol. The number of pyridine rings is 1. The quantitative estimate of drug-likeness (QED) is 0.630. The fraction of sp³-hybridized carbons (Fsp3) is 0.318. The van der Waals surface area contributed by atoms with Gasteiger partial charge in [0.1, 0.15) is 23.0 Å². The Balaban J connectivity index is 2.41. The molecule has 0 bridgehead atoms. The van der Waals surface area contributed by atoms with Crippen molar-refractivity contribution in [2.24, 2.45) is 0 Å². The average molecular weight is 423 g/mol. The second-order valence-corrected chi connectivity index (χ2v) is 7.83. The van der Waals surface area contributed by atoms with Crippen LogP contribution in [0.15, 0.2) is 41.5 Å². The zero-order chi connectivity index (χ0) is 22.8. The number of fused-ring (bicyclic) bond motifs is 1. The minimum atomic E-state index is -0.793. The number of aromatic nitrogens is 3. The Bertz CT molecular complexity index is 1230. The maximum atomic E-state index is 14.7. The average Bonchev–Trinajstić information content (AvgIpc) is 2.72. The van der Waals surface area contributed by atoms with Crippen LogP contribution < -0.4 is 10.5 Å². The van der Waals surface area contributed by atoms with Gasteiger partial charge in [-0.25, -0.2) is 23.6 Å². The van der Waals surface area contributed by atoms with Crippen LogP contribution >= 0.6 is 0 Å². The summed E-state index contributed by atoms with van der Waals surface area (Å²) in [7, 11) is 0. The highest BCUT2D eigenvalue weighted by molar-refractivity contribution is 5.90. The summed E-state index contributed by atoms with van der Waals surface area (Å²) in [6.45, 7) is 7.17. The number of nitriles is 1. The Kier molecular flexibility index (Phi) is 6.02. The number of rotatable bonds is 4. The molecule has 3 rings (SSSR count). The third-order valence-electron chi connectivity index (χ3n) is 4.28. The smallest absolute Gasteiger partial charge is 0.417 e. The summed E-state index contributed by atoms with van der Waals surface area (Å²) in [6, 6.07) is 7.43. The van der Waals surface area contributed by atoms with Crippen molar-refractivity contribution in [1.29, 1.82) is 5.26 Å². The van der Waals surface area contributed by atoms with E-state index in [0.29, 0.717) is 12.1 Å². The van der Waals surface area contributed by atoms with Gasteiger partial charge in [0.15, 0.2) is 0 Å². The highest BCUT2D eigenvalue weighted by Gasteiger charge is 2.29. The molecule has 0 fully saturated rings. The molecule has 9 heteroatoms. The van der Waals surface area contributed by atoms with Gasteiger partial charge in [-0.05, 0) is 51.5 Å². The molecule has 3 aromatic rings. The lowest BCUT2D eigenvalue weighted by Crippen LogP contribution is -2.41. The fourth-order valence-corrected chi connectivity index (χ4v) is 3.05. The molecule has 0 unspecified atom stereocenters. The van der Waals surface area contributed by atoms with Gasteiger partial charge < -0.3 is 4.74 Å². The molecule has 0 aliphatic heterocycles. The van der Waals surface area contributed by atoms with E-state index in [0.717, 1.165) is 10.6 Å². The van der Waals surface area contributed by atoms with Gasteiger partial charge in [-0.15, -0.1) is 0 Å². The van der Waals surface area contributed by atoms with Crippen molar-refractivity contribution >= 4 is 22.9 Å². The molecule has 0 radical (unpaired) electrons. The Hall–Kier alpha value is -3.80. The van der Waals surface area contributed by atoms with E-state index in [4.69, 9.17) is 4.74 Å². The number of carbonyl (C=O) groups is 1. The fourth-order valence-electron chi connectivity index (χ4n) is 3.05. The number of hydrogen-bond donors (Lipinski definition) is 0. The minimum Gasteiger partial charge on any atom is -0.443 e. The highest BCUT2D eigenvalue weighted by Crippen LogP contribution is 2.24. The molecule has 160 valence electrons. The lowest BCUT2D eigenvalue weighted by Gasteiger charge is -2.28. The van der Waals surface area contributed by atoms with Crippen molar-refractivity contribution < 1.29 is 13.9 Å². The third-order valence-corrected chi connectivity index (χ3v) is 4.28. The van der Waals surface area contributed by atoms with Crippen molar-refractivity contribution in [2.45, 2.75) is 39.7 Å². The standard InChI is InChI=1S/C22H22FN5O3/c1-5-11-27(21(30)31-22(2,3)4)20-26-18-16(23)9-8-14(12-24)17(18)19(29)28(20)15-7-6-10-25-13-15/h6-10,13H,5,11H2,1-4H3. The van der Waals surface area contributed by atoms with Crippen molar-refractivity contribution in [3.8, 4) is 11.8 Å². The second kappa shape index (κ2) is 8.52. The molecule has 1 amide bonds. The normalized spacial score (nSPS) is 11.2. The Morgan fingerprint density at radius 1 is 1.32 bits per heavy atom. The summed E-state index contributed by atoms with van der Waals surface area (Å²) in [6.07, 6.45) is 2.75. The van der Waals surface area contributed by atoms with Gasteiger partial charge in [0.25, 0.3) is 5.56 Å². The van der Waals surface area contributed by atoms with E-state index in [-0.39, 0.29) is 29.0 Å². The number of halogens is 1. The molecule has 0 aliphatic rings. The zero-order valence-electron chi connectivity index (χ0n) is 17.7. The lowest BCUT2D eigenvalue weighted by molar-refractivity contribution is 0.0577. The van der Waals surface area contributed by atoms with Crippen LogP contribution in [0.3, 0.4) is 0 Å². The van der Waals surface area contributed by atoms with Crippen molar-refractivity contribution in [1.82, 2.24) is 14.5 Å². The Morgan fingerprint density at radius 3 is 2.65 bits per heavy atom. The second-order valence-electron chi connectivity index (χ2n) is 7.83. The van der Waals surface area contributed by atoms with Gasteiger partial charge in [0.2, 0.25) is 5.95 Å². The zero-order valence-corrected chi connectivity index (χ0v) is 17.7. The third kappa shape index (κ3) is 4.38. The Labute approximate surface area is 178 Å². The maximum absolute atomic E-state index is 14.7. The molecule has 2 heterocycles. The number of hydrogen-bond acceptors (Lipinski definition) is 6. The summed E-state index contributed by atoms with van der Waals surface area (Å²) in [5, 5.41) is 9.28. The monoisotopic (exact) mass is 423 g/mol. The summed E-state index contributed by atoms with van der Waals surface area (Å²) in [5.74, 6) is -0.887. The summed E-state index contributed by atoms with van der Waals surface area (Å²) >= 11 is 0. The van der Waals surface area contributed by atoms with Gasteiger partial charge >= 0.3 is 6.09 Å². The first-order chi connectivity index (χ1) is 14.7. The van der Waals surface area contributed by atoms with Crippen LogP contribution in [0.1, 0.15) is 39.7 Å². The summed E-state index contributed by atoms with van der Waals surface area (Å²) in [5.41, 5.74) is -1.47. The molecule has 0 aliphatic carbocycles. The molecule has 1 aromatic carbocycles. The highest BCUT2D eigenvalue weighted by atomic mass is 19.1. The van der Waals surface area contributed by atoms with Crippen LogP contribution in [0.4, 0.5) is 15.1 Å². The first-order valence-corrected chi connectivity index (χ1v) is 9.74. The van der Waals surface area contributed by atoms with E-state index in [1.54, 1.807) is 32.9 Å².